The molecule has 0 radical (unpaired) electrons. The monoisotopic (exact) mass is 410 g/mol. The molecule has 0 spiro atoms. The first-order valence-electron chi connectivity index (χ1n) is 12.3. The molecule has 5 nitrogen and oxygen atoms in total. The highest BCUT2D eigenvalue weighted by molar-refractivity contribution is 5.75. The number of nitrogens with one attached hydrogen (secondary N) is 3. The van der Waals surface area contributed by atoms with Gasteiger partial charge in [0.2, 0.25) is 5.91 Å². The van der Waals surface area contributed by atoms with Crippen LogP contribution in [0.4, 0.5) is 0 Å². The molecule has 0 aromatic heterocycles. The highest BCUT2D eigenvalue weighted by atomic mass is 16.1. The van der Waals surface area contributed by atoms with Gasteiger partial charge in [0.25, 0.3) is 0 Å². The van der Waals surface area contributed by atoms with E-state index < -0.39 is 0 Å². The van der Waals surface area contributed by atoms with E-state index in [0.717, 1.165) is 32.6 Å². The summed E-state index contributed by atoms with van der Waals surface area (Å²) in [6.07, 6.45) is 22.1. The van der Waals surface area contributed by atoms with E-state index in [1.165, 1.54) is 77.0 Å². The minimum atomic E-state index is 0.186. The van der Waals surface area contributed by atoms with Gasteiger partial charge in [-0.05, 0) is 32.1 Å². The normalized spacial score (nSPS) is 11.4. The molecule has 0 aliphatic rings. The molecule has 0 saturated heterocycles. The number of unbranched alkanes of at least 4 members (excludes halogenated alkanes) is 11. The third-order valence-corrected chi connectivity index (χ3v) is 5.09. The van der Waals surface area contributed by atoms with E-state index in [4.69, 9.17) is 5.73 Å². The zero-order chi connectivity index (χ0) is 21.3. The molecule has 5 heteroatoms. The van der Waals surface area contributed by atoms with Gasteiger partial charge in [-0.3, -0.25) is 4.79 Å². The summed E-state index contributed by atoms with van der Waals surface area (Å²) in [5, 5.41) is 9.51. The topological polar surface area (TPSA) is 79.2 Å². The third kappa shape index (κ3) is 25.1. The molecule has 0 aliphatic carbocycles. The SMILES string of the molecule is CCCCCCCCC=CCCCCCCCC(=O)NCCNCCNCCN. The molecule has 0 saturated carbocycles. The molecule has 5 N–H and O–H groups in total. The molecule has 0 atom stereocenters. The van der Waals surface area contributed by atoms with Crippen LogP contribution in [0.1, 0.15) is 96.8 Å². The number of allylic oxidation sites excluding steroid dienone is 2. The predicted molar refractivity (Wildman–Crippen MR) is 127 cm³/mol. The van der Waals surface area contributed by atoms with Crippen molar-refractivity contribution in [1.29, 1.82) is 0 Å². The molecule has 29 heavy (non-hydrogen) atoms. The molecule has 0 rings (SSSR count). The van der Waals surface area contributed by atoms with Crippen molar-refractivity contribution in [2.24, 2.45) is 5.73 Å². The van der Waals surface area contributed by atoms with Crippen LogP contribution in [0.5, 0.6) is 0 Å². The Bertz CT molecular complexity index is 361. The maximum atomic E-state index is 11.8. The number of hydrogen-bond donors (Lipinski definition) is 4. The van der Waals surface area contributed by atoms with Gasteiger partial charge >= 0.3 is 0 Å². The van der Waals surface area contributed by atoms with E-state index in [-0.39, 0.29) is 5.91 Å². The number of carbonyl (C=O) groups excluding carboxylic acids is 1. The minimum Gasteiger partial charge on any atom is -0.355 e. The Labute approximate surface area is 181 Å². The van der Waals surface area contributed by atoms with Crippen LogP contribution in [-0.4, -0.2) is 45.2 Å². The zero-order valence-corrected chi connectivity index (χ0v) is 19.3. The summed E-state index contributed by atoms with van der Waals surface area (Å²) < 4.78 is 0. The molecule has 0 aliphatic heterocycles. The van der Waals surface area contributed by atoms with Gasteiger partial charge in [-0.1, -0.05) is 70.4 Å². The van der Waals surface area contributed by atoms with Crippen LogP contribution in [-0.2, 0) is 4.79 Å². The highest BCUT2D eigenvalue weighted by Gasteiger charge is 2.00. The maximum Gasteiger partial charge on any atom is 0.220 e. The standard InChI is InChI=1S/C24H50N4O/c1-2-3-4-5-6-7-8-9-10-11-12-13-14-15-16-17-24(29)28-23-22-27-21-20-26-19-18-25/h9-10,26-27H,2-8,11-23,25H2,1H3,(H,28,29). The van der Waals surface area contributed by atoms with Crippen LogP contribution in [0.15, 0.2) is 12.2 Å². The van der Waals surface area contributed by atoms with Crippen LogP contribution in [0.25, 0.3) is 0 Å². The lowest BCUT2D eigenvalue weighted by molar-refractivity contribution is -0.121. The summed E-state index contributed by atoms with van der Waals surface area (Å²) >= 11 is 0. The maximum absolute atomic E-state index is 11.8. The quantitative estimate of drug-likeness (QED) is 0.150. The minimum absolute atomic E-state index is 0.186. The van der Waals surface area contributed by atoms with E-state index in [9.17, 15) is 4.79 Å². The molecule has 0 bridgehead atoms. The van der Waals surface area contributed by atoms with Gasteiger partial charge in [-0.25, -0.2) is 0 Å². The van der Waals surface area contributed by atoms with Crippen LogP contribution >= 0.6 is 0 Å². The molecular formula is C24H50N4O. The fourth-order valence-corrected chi connectivity index (χ4v) is 3.26. The van der Waals surface area contributed by atoms with Crippen LogP contribution in [0.3, 0.4) is 0 Å². The molecule has 1 amide bonds. The molecule has 0 heterocycles. The second-order valence-corrected chi connectivity index (χ2v) is 7.97. The summed E-state index contributed by atoms with van der Waals surface area (Å²) in [4.78, 5) is 11.8. The van der Waals surface area contributed by atoms with Crippen molar-refractivity contribution in [2.45, 2.75) is 96.8 Å². The van der Waals surface area contributed by atoms with Crippen LogP contribution in [0.2, 0.25) is 0 Å². The first-order valence-corrected chi connectivity index (χ1v) is 12.3. The Morgan fingerprint density at radius 2 is 1.21 bits per heavy atom. The Morgan fingerprint density at radius 3 is 1.83 bits per heavy atom. The first-order chi connectivity index (χ1) is 14.3. The van der Waals surface area contributed by atoms with E-state index in [2.05, 4.69) is 35.0 Å². The van der Waals surface area contributed by atoms with Crippen LogP contribution < -0.4 is 21.7 Å². The predicted octanol–water partition coefficient (Wildman–Crippen LogP) is 4.28. The number of nitrogens with two attached hydrogens (primary N) is 1. The smallest absolute Gasteiger partial charge is 0.220 e. The lowest BCUT2D eigenvalue weighted by Gasteiger charge is -2.07. The van der Waals surface area contributed by atoms with Crippen molar-refractivity contribution >= 4 is 5.91 Å². The van der Waals surface area contributed by atoms with E-state index in [0.29, 0.717) is 19.5 Å². The molecule has 0 fully saturated rings. The van der Waals surface area contributed by atoms with Crippen LogP contribution in [0, 0.1) is 0 Å². The van der Waals surface area contributed by atoms with E-state index in [1.807, 2.05) is 0 Å². The Morgan fingerprint density at radius 1 is 0.690 bits per heavy atom. The lowest BCUT2D eigenvalue weighted by Crippen LogP contribution is -2.35. The summed E-state index contributed by atoms with van der Waals surface area (Å²) in [5.41, 5.74) is 5.41. The van der Waals surface area contributed by atoms with Crippen molar-refractivity contribution in [2.75, 3.05) is 39.3 Å². The Kier molecular flexibility index (Phi) is 24.3. The molecule has 0 aromatic carbocycles. The fourth-order valence-electron chi connectivity index (χ4n) is 3.26. The van der Waals surface area contributed by atoms with Crippen molar-refractivity contribution < 1.29 is 4.79 Å². The van der Waals surface area contributed by atoms with Gasteiger partial charge in [0.1, 0.15) is 0 Å². The number of carbonyl (C=O) groups is 1. The van der Waals surface area contributed by atoms with Gasteiger partial charge in [0.05, 0.1) is 0 Å². The van der Waals surface area contributed by atoms with Gasteiger partial charge in [0, 0.05) is 45.7 Å². The highest BCUT2D eigenvalue weighted by Crippen LogP contribution is 2.09. The lowest BCUT2D eigenvalue weighted by atomic mass is 10.1. The Hall–Kier alpha value is -0.910. The average molecular weight is 411 g/mol. The largest absolute Gasteiger partial charge is 0.355 e. The van der Waals surface area contributed by atoms with Gasteiger partial charge in [-0.15, -0.1) is 0 Å². The molecule has 0 unspecified atom stereocenters. The van der Waals surface area contributed by atoms with Crippen molar-refractivity contribution in [3.05, 3.63) is 12.2 Å². The fraction of sp³-hybridized carbons (Fsp3) is 0.875. The zero-order valence-electron chi connectivity index (χ0n) is 19.3. The summed E-state index contributed by atoms with van der Waals surface area (Å²) in [7, 11) is 0. The summed E-state index contributed by atoms with van der Waals surface area (Å²) in [6, 6.07) is 0. The van der Waals surface area contributed by atoms with Gasteiger partial charge in [0.15, 0.2) is 0 Å². The average Bonchev–Trinajstić information content (AvgIpc) is 2.72. The van der Waals surface area contributed by atoms with Crippen molar-refractivity contribution in [3.63, 3.8) is 0 Å². The van der Waals surface area contributed by atoms with Gasteiger partial charge < -0.3 is 21.7 Å². The third-order valence-electron chi connectivity index (χ3n) is 5.09. The Balaban J connectivity index is 3.19. The van der Waals surface area contributed by atoms with Gasteiger partial charge in [-0.2, -0.15) is 0 Å². The molecular weight excluding hydrogens is 360 g/mol. The number of hydrogen-bond acceptors (Lipinski definition) is 4. The van der Waals surface area contributed by atoms with Crippen molar-refractivity contribution in [1.82, 2.24) is 16.0 Å². The number of amides is 1. The number of rotatable bonds is 23. The molecule has 172 valence electrons. The second-order valence-electron chi connectivity index (χ2n) is 7.97. The molecule has 0 aromatic rings. The van der Waals surface area contributed by atoms with E-state index in [1.54, 1.807) is 0 Å². The second kappa shape index (κ2) is 25.1. The van der Waals surface area contributed by atoms with Crippen molar-refractivity contribution in [3.8, 4) is 0 Å². The first kappa shape index (κ1) is 28.1. The summed E-state index contributed by atoms with van der Waals surface area (Å²) in [5.74, 6) is 0.186. The summed E-state index contributed by atoms with van der Waals surface area (Å²) in [6.45, 7) is 7.15. The van der Waals surface area contributed by atoms with E-state index >= 15 is 0 Å².